The van der Waals surface area contributed by atoms with Crippen LogP contribution in [0.4, 0.5) is 11.4 Å². The Bertz CT molecular complexity index is 700. The molecule has 0 spiro atoms. The molecule has 3 rings (SSSR count). The molecule has 0 aliphatic carbocycles. The van der Waals surface area contributed by atoms with Gasteiger partial charge in [0.1, 0.15) is 6.54 Å². The molecule has 5 heteroatoms. The number of nitrogens with zero attached hydrogens (tertiary/aromatic N) is 1. The number of amides is 2. The minimum atomic E-state index is -0.247. The predicted molar refractivity (Wildman–Crippen MR) is 78.2 cm³/mol. The first-order chi connectivity index (χ1) is 9.66. The van der Waals surface area contributed by atoms with Crippen molar-refractivity contribution in [3.05, 3.63) is 59.1 Å². The third-order valence-corrected chi connectivity index (χ3v) is 3.44. The van der Waals surface area contributed by atoms with Gasteiger partial charge in [0.15, 0.2) is 0 Å². The minimum absolute atomic E-state index is 0.0583. The van der Waals surface area contributed by atoms with Crippen LogP contribution in [-0.4, -0.2) is 18.4 Å². The Labute approximate surface area is 121 Å². The quantitative estimate of drug-likeness (QED) is 0.876. The normalized spacial score (nSPS) is 14.6. The fraction of sp³-hybridized carbons (Fsp3) is 0.0667. The first kappa shape index (κ1) is 12.7. The van der Waals surface area contributed by atoms with Gasteiger partial charge in [0.05, 0.1) is 22.0 Å². The lowest BCUT2D eigenvalue weighted by atomic mass is 10.1. The Morgan fingerprint density at radius 3 is 2.50 bits per heavy atom. The summed E-state index contributed by atoms with van der Waals surface area (Å²) in [5, 5.41) is 3.17. The maximum Gasteiger partial charge on any atom is 0.260 e. The van der Waals surface area contributed by atoms with Gasteiger partial charge in [0, 0.05) is 0 Å². The lowest BCUT2D eigenvalue weighted by Gasteiger charge is -2.20. The monoisotopic (exact) mass is 286 g/mol. The summed E-state index contributed by atoms with van der Waals surface area (Å²) < 4.78 is 0. The van der Waals surface area contributed by atoms with E-state index in [1.54, 1.807) is 48.5 Å². The molecule has 1 aliphatic heterocycles. The number of para-hydroxylation sites is 2. The van der Waals surface area contributed by atoms with Crippen molar-refractivity contribution < 1.29 is 9.59 Å². The van der Waals surface area contributed by atoms with E-state index in [1.165, 1.54) is 4.90 Å². The van der Waals surface area contributed by atoms with Crippen molar-refractivity contribution in [2.24, 2.45) is 0 Å². The van der Waals surface area contributed by atoms with Crippen LogP contribution in [0.2, 0.25) is 5.02 Å². The Morgan fingerprint density at radius 1 is 1.00 bits per heavy atom. The third kappa shape index (κ3) is 2.14. The molecule has 1 N–H and O–H groups in total. The highest BCUT2D eigenvalue weighted by atomic mass is 35.5. The number of rotatable bonds is 1. The van der Waals surface area contributed by atoms with Gasteiger partial charge in [0.25, 0.3) is 5.91 Å². The number of carbonyl (C=O) groups is 2. The molecule has 2 amide bonds. The number of benzene rings is 2. The lowest BCUT2D eigenvalue weighted by Crippen LogP contribution is -2.35. The summed E-state index contributed by atoms with van der Waals surface area (Å²) in [5.74, 6) is -0.490. The molecule has 0 radical (unpaired) electrons. The van der Waals surface area contributed by atoms with E-state index in [1.807, 2.05) is 0 Å². The zero-order valence-electron chi connectivity index (χ0n) is 10.5. The summed E-state index contributed by atoms with van der Waals surface area (Å²) in [7, 11) is 0. The average Bonchev–Trinajstić information content (AvgIpc) is 2.57. The fourth-order valence-electron chi connectivity index (χ4n) is 2.19. The van der Waals surface area contributed by atoms with E-state index in [0.29, 0.717) is 22.0 Å². The molecule has 0 atom stereocenters. The Hall–Kier alpha value is -2.33. The average molecular weight is 287 g/mol. The van der Waals surface area contributed by atoms with Gasteiger partial charge in [-0.25, -0.2) is 0 Å². The minimum Gasteiger partial charge on any atom is -0.324 e. The van der Waals surface area contributed by atoms with Gasteiger partial charge in [-0.05, 0) is 24.3 Å². The van der Waals surface area contributed by atoms with E-state index in [0.717, 1.165) is 0 Å². The van der Waals surface area contributed by atoms with Crippen molar-refractivity contribution in [1.82, 2.24) is 0 Å². The van der Waals surface area contributed by atoms with Crippen LogP contribution in [0, 0.1) is 0 Å². The zero-order valence-corrected chi connectivity index (χ0v) is 11.2. The molecule has 0 bridgehead atoms. The van der Waals surface area contributed by atoms with Crippen LogP contribution >= 0.6 is 11.6 Å². The van der Waals surface area contributed by atoms with E-state index in [2.05, 4.69) is 5.32 Å². The molecule has 20 heavy (non-hydrogen) atoms. The predicted octanol–water partition coefficient (Wildman–Crippen LogP) is 2.94. The van der Waals surface area contributed by atoms with E-state index in [-0.39, 0.29) is 18.4 Å². The van der Waals surface area contributed by atoms with Crippen molar-refractivity contribution in [2.45, 2.75) is 0 Å². The van der Waals surface area contributed by atoms with Gasteiger partial charge in [0.2, 0.25) is 5.91 Å². The SMILES string of the molecule is O=C1CN(c2ccccc2Cl)C(=O)c2ccccc2N1. The number of halogens is 1. The van der Waals surface area contributed by atoms with Crippen molar-refractivity contribution in [1.29, 1.82) is 0 Å². The van der Waals surface area contributed by atoms with E-state index in [4.69, 9.17) is 11.6 Å². The Kier molecular flexibility index (Phi) is 3.16. The molecule has 1 heterocycles. The lowest BCUT2D eigenvalue weighted by molar-refractivity contribution is -0.114. The molecule has 0 unspecified atom stereocenters. The van der Waals surface area contributed by atoms with Crippen LogP contribution in [0.15, 0.2) is 48.5 Å². The van der Waals surface area contributed by atoms with Crippen LogP contribution < -0.4 is 10.2 Å². The second-order valence-electron chi connectivity index (χ2n) is 4.44. The highest BCUT2D eigenvalue weighted by Crippen LogP contribution is 2.29. The molecule has 1 aliphatic rings. The molecule has 2 aromatic carbocycles. The number of fused-ring (bicyclic) bond motifs is 1. The first-order valence-electron chi connectivity index (χ1n) is 6.12. The van der Waals surface area contributed by atoms with Gasteiger partial charge in [-0.3, -0.25) is 14.5 Å². The second-order valence-corrected chi connectivity index (χ2v) is 4.84. The molecular formula is C15H11ClN2O2. The van der Waals surface area contributed by atoms with E-state index < -0.39 is 0 Å². The summed E-state index contributed by atoms with van der Waals surface area (Å²) >= 11 is 6.13. The molecule has 0 saturated carbocycles. The smallest absolute Gasteiger partial charge is 0.260 e. The molecular weight excluding hydrogens is 276 g/mol. The zero-order chi connectivity index (χ0) is 14.1. The number of hydrogen-bond donors (Lipinski definition) is 1. The largest absolute Gasteiger partial charge is 0.324 e. The van der Waals surface area contributed by atoms with Gasteiger partial charge in [-0.2, -0.15) is 0 Å². The second kappa shape index (κ2) is 4.98. The summed E-state index contributed by atoms with van der Waals surface area (Å²) in [5.41, 5.74) is 1.52. The number of nitrogens with one attached hydrogen (secondary N) is 1. The highest BCUT2D eigenvalue weighted by molar-refractivity contribution is 6.34. The molecule has 100 valence electrons. The summed E-state index contributed by atoms with van der Waals surface area (Å²) in [4.78, 5) is 25.9. The highest BCUT2D eigenvalue weighted by Gasteiger charge is 2.27. The van der Waals surface area contributed by atoms with Gasteiger partial charge in [-0.1, -0.05) is 35.9 Å². The molecule has 0 aromatic heterocycles. The molecule has 0 fully saturated rings. The third-order valence-electron chi connectivity index (χ3n) is 3.12. The van der Waals surface area contributed by atoms with E-state index >= 15 is 0 Å². The molecule has 0 saturated heterocycles. The van der Waals surface area contributed by atoms with Crippen LogP contribution in [0.25, 0.3) is 0 Å². The summed E-state index contributed by atoms with van der Waals surface area (Å²) in [6.07, 6.45) is 0. The van der Waals surface area contributed by atoms with Crippen molar-refractivity contribution in [3.8, 4) is 0 Å². The van der Waals surface area contributed by atoms with E-state index in [9.17, 15) is 9.59 Å². The summed E-state index contributed by atoms with van der Waals surface area (Å²) in [6.45, 7) is -0.0583. The van der Waals surface area contributed by atoms with Gasteiger partial charge >= 0.3 is 0 Å². The fourth-order valence-corrected chi connectivity index (χ4v) is 2.43. The number of anilines is 2. The first-order valence-corrected chi connectivity index (χ1v) is 6.50. The number of hydrogen-bond acceptors (Lipinski definition) is 2. The van der Waals surface area contributed by atoms with Crippen LogP contribution in [0.5, 0.6) is 0 Å². The van der Waals surface area contributed by atoms with Gasteiger partial charge < -0.3 is 5.32 Å². The standard InChI is InChI=1S/C15H11ClN2O2/c16-11-6-2-4-8-13(11)18-9-14(19)17-12-7-3-1-5-10(12)15(18)20/h1-8H,9H2,(H,17,19). The molecule has 4 nitrogen and oxygen atoms in total. The van der Waals surface area contributed by atoms with Crippen molar-refractivity contribution in [2.75, 3.05) is 16.8 Å². The Morgan fingerprint density at radius 2 is 1.70 bits per heavy atom. The number of carbonyl (C=O) groups excluding carboxylic acids is 2. The maximum atomic E-state index is 12.6. The van der Waals surface area contributed by atoms with Crippen LogP contribution in [-0.2, 0) is 4.79 Å². The van der Waals surface area contributed by atoms with Crippen LogP contribution in [0.1, 0.15) is 10.4 Å². The van der Waals surface area contributed by atoms with Crippen molar-refractivity contribution >= 4 is 34.8 Å². The maximum absolute atomic E-state index is 12.6. The van der Waals surface area contributed by atoms with Crippen LogP contribution in [0.3, 0.4) is 0 Å². The topological polar surface area (TPSA) is 49.4 Å². The Balaban J connectivity index is 2.12. The molecule has 2 aromatic rings. The van der Waals surface area contributed by atoms with Crippen molar-refractivity contribution in [3.63, 3.8) is 0 Å². The van der Waals surface area contributed by atoms with Gasteiger partial charge in [-0.15, -0.1) is 0 Å². The summed E-state index contributed by atoms with van der Waals surface area (Å²) in [6, 6.07) is 13.9.